The van der Waals surface area contributed by atoms with Gasteiger partial charge in [0, 0.05) is 12.2 Å². The summed E-state index contributed by atoms with van der Waals surface area (Å²) in [5, 5.41) is 0. The van der Waals surface area contributed by atoms with Gasteiger partial charge in [-0.05, 0) is 68.3 Å². The standard InChI is InChI=1S/C17H26N2/c18-16-5-3-4-15(14-16)6-11-19-12-9-17(10-13-19)7-1-2-8-17/h3-5,14H,1-2,6-13,18H2. The van der Waals surface area contributed by atoms with Crippen LogP contribution in [0.25, 0.3) is 0 Å². The molecule has 0 atom stereocenters. The molecule has 2 aliphatic rings. The largest absolute Gasteiger partial charge is 0.399 e. The van der Waals surface area contributed by atoms with Crippen LogP contribution in [-0.4, -0.2) is 24.5 Å². The zero-order valence-electron chi connectivity index (χ0n) is 11.9. The molecule has 1 heterocycles. The number of anilines is 1. The van der Waals surface area contributed by atoms with Gasteiger partial charge < -0.3 is 10.6 Å². The first-order valence-corrected chi connectivity index (χ1v) is 7.83. The topological polar surface area (TPSA) is 29.3 Å². The van der Waals surface area contributed by atoms with Gasteiger partial charge in [0.25, 0.3) is 0 Å². The third-order valence-corrected chi connectivity index (χ3v) is 5.25. The number of nitrogen functional groups attached to an aromatic ring is 1. The van der Waals surface area contributed by atoms with Crippen LogP contribution in [0.4, 0.5) is 5.69 Å². The average Bonchev–Trinajstić information content (AvgIpc) is 2.87. The molecule has 2 nitrogen and oxygen atoms in total. The minimum absolute atomic E-state index is 0.744. The maximum atomic E-state index is 5.83. The maximum Gasteiger partial charge on any atom is 0.0316 e. The first-order valence-electron chi connectivity index (χ1n) is 7.83. The molecule has 0 radical (unpaired) electrons. The van der Waals surface area contributed by atoms with E-state index in [0.717, 1.165) is 17.5 Å². The lowest BCUT2D eigenvalue weighted by molar-refractivity contribution is 0.109. The fourth-order valence-corrected chi connectivity index (χ4v) is 3.91. The lowest BCUT2D eigenvalue weighted by Gasteiger charge is -2.39. The summed E-state index contributed by atoms with van der Waals surface area (Å²) in [6.45, 7) is 3.81. The minimum atomic E-state index is 0.744. The molecule has 3 rings (SSSR count). The van der Waals surface area contributed by atoms with Gasteiger partial charge in [0.05, 0.1) is 0 Å². The van der Waals surface area contributed by atoms with Crippen molar-refractivity contribution in [3.63, 3.8) is 0 Å². The summed E-state index contributed by atoms with van der Waals surface area (Å²) in [6, 6.07) is 8.34. The lowest BCUT2D eigenvalue weighted by Crippen LogP contribution is -2.39. The van der Waals surface area contributed by atoms with Crippen LogP contribution in [0.15, 0.2) is 24.3 Å². The van der Waals surface area contributed by atoms with Gasteiger partial charge in [0.2, 0.25) is 0 Å². The Hall–Kier alpha value is -1.02. The molecular weight excluding hydrogens is 232 g/mol. The third-order valence-electron chi connectivity index (χ3n) is 5.25. The number of nitrogens with zero attached hydrogens (tertiary/aromatic N) is 1. The molecular formula is C17H26N2. The number of hydrogen-bond acceptors (Lipinski definition) is 2. The number of likely N-dealkylation sites (tertiary alicyclic amines) is 1. The Bertz CT molecular complexity index is 411. The second-order valence-electron chi connectivity index (χ2n) is 6.54. The van der Waals surface area contributed by atoms with Crippen molar-refractivity contribution in [2.24, 2.45) is 5.41 Å². The van der Waals surface area contributed by atoms with E-state index in [0.29, 0.717) is 0 Å². The number of nitrogens with two attached hydrogens (primary N) is 1. The van der Waals surface area contributed by atoms with E-state index in [1.807, 2.05) is 6.07 Å². The molecule has 19 heavy (non-hydrogen) atoms. The van der Waals surface area contributed by atoms with Crippen LogP contribution in [0.1, 0.15) is 44.1 Å². The molecule has 1 spiro atoms. The lowest BCUT2D eigenvalue weighted by atomic mass is 9.77. The second kappa shape index (κ2) is 5.54. The Kier molecular flexibility index (Phi) is 3.79. The van der Waals surface area contributed by atoms with Crippen molar-refractivity contribution in [2.45, 2.75) is 44.9 Å². The first kappa shape index (κ1) is 13.0. The SMILES string of the molecule is Nc1cccc(CCN2CCC3(CCCC3)CC2)c1. The van der Waals surface area contributed by atoms with Gasteiger partial charge in [-0.3, -0.25) is 0 Å². The molecule has 104 valence electrons. The Morgan fingerprint density at radius 3 is 2.47 bits per heavy atom. The van der Waals surface area contributed by atoms with Gasteiger partial charge >= 0.3 is 0 Å². The van der Waals surface area contributed by atoms with Gasteiger partial charge in [-0.15, -0.1) is 0 Å². The smallest absolute Gasteiger partial charge is 0.0316 e. The third kappa shape index (κ3) is 3.11. The summed E-state index contributed by atoms with van der Waals surface area (Å²) in [4.78, 5) is 2.65. The fraction of sp³-hybridized carbons (Fsp3) is 0.647. The number of hydrogen-bond donors (Lipinski definition) is 1. The average molecular weight is 258 g/mol. The van der Waals surface area contributed by atoms with Gasteiger partial charge in [-0.1, -0.05) is 25.0 Å². The number of piperidine rings is 1. The highest BCUT2D eigenvalue weighted by molar-refractivity contribution is 5.40. The van der Waals surface area contributed by atoms with Crippen LogP contribution in [0.2, 0.25) is 0 Å². The quantitative estimate of drug-likeness (QED) is 0.841. The molecule has 1 aromatic carbocycles. The monoisotopic (exact) mass is 258 g/mol. The highest BCUT2D eigenvalue weighted by Gasteiger charge is 2.36. The fourth-order valence-electron chi connectivity index (χ4n) is 3.91. The van der Waals surface area contributed by atoms with Crippen molar-refractivity contribution in [2.75, 3.05) is 25.4 Å². The van der Waals surface area contributed by atoms with Crippen LogP contribution >= 0.6 is 0 Å². The van der Waals surface area contributed by atoms with Gasteiger partial charge in [-0.2, -0.15) is 0 Å². The van der Waals surface area contributed by atoms with Crippen LogP contribution in [0, 0.1) is 5.41 Å². The molecule has 1 aliphatic heterocycles. The predicted octanol–water partition coefficient (Wildman–Crippen LogP) is 3.47. The Morgan fingerprint density at radius 2 is 1.79 bits per heavy atom. The Balaban J connectivity index is 1.47. The molecule has 0 unspecified atom stereocenters. The van der Waals surface area contributed by atoms with Crippen LogP contribution in [0.5, 0.6) is 0 Å². The van der Waals surface area contributed by atoms with Gasteiger partial charge in [0.1, 0.15) is 0 Å². The summed E-state index contributed by atoms with van der Waals surface area (Å²) in [5.41, 5.74) is 8.84. The summed E-state index contributed by atoms with van der Waals surface area (Å²) in [6.07, 6.45) is 9.95. The van der Waals surface area contributed by atoms with Crippen LogP contribution in [-0.2, 0) is 6.42 Å². The Labute approximate surface area is 117 Å². The summed E-state index contributed by atoms with van der Waals surface area (Å²) < 4.78 is 0. The molecule has 0 bridgehead atoms. The molecule has 1 saturated heterocycles. The highest BCUT2D eigenvalue weighted by atomic mass is 15.1. The molecule has 1 aliphatic carbocycles. The Morgan fingerprint density at radius 1 is 1.05 bits per heavy atom. The van der Waals surface area contributed by atoms with E-state index < -0.39 is 0 Å². The van der Waals surface area contributed by atoms with E-state index >= 15 is 0 Å². The molecule has 2 fully saturated rings. The minimum Gasteiger partial charge on any atom is -0.399 e. The molecule has 1 aromatic rings. The summed E-state index contributed by atoms with van der Waals surface area (Å²) in [7, 11) is 0. The van der Waals surface area contributed by atoms with Crippen molar-refractivity contribution >= 4 is 5.69 Å². The molecule has 0 aromatic heterocycles. The molecule has 2 heteroatoms. The van der Waals surface area contributed by atoms with E-state index in [9.17, 15) is 0 Å². The maximum absolute atomic E-state index is 5.83. The van der Waals surface area contributed by atoms with E-state index in [4.69, 9.17) is 5.73 Å². The van der Waals surface area contributed by atoms with Crippen LogP contribution < -0.4 is 5.73 Å². The van der Waals surface area contributed by atoms with Crippen molar-refractivity contribution in [1.29, 1.82) is 0 Å². The van der Waals surface area contributed by atoms with Crippen molar-refractivity contribution in [3.8, 4) is 0 Å². The van der Waals surface area contributed by atoms with Crippen LogP contribution in [0.3, 0.4) is 0 Å². The predicted molar refractivity (Wildman–Crippen MR) is 81.1 cm³/mol. The number of benzene rings is 1. The molecule has 0 amide bonds. The van der Waals surface area contributed by atoms with E-state index in [1.165, 1.54) is 63.7 Å². The molecule has 2 N–H and O–H groups in total. The zero-order valence-corrected chi connectivity index (χ0v) is 11.9. The summed E-state index contributed by atoms with van der Waals surface area (Å²) >= 11 is 0. The highest BCUT2D eigenvalue weighted by Crippen LogP contribution is 2.46. The number of rotatable bonds is 3. The van der Waals surface area contributed by atoms with Gasteiger partial charge in [0.15, 0.2) is 0 Å². The van der Waals surface area contributed by atoms with Gasteiger partial charge in [-0.25, -0.2) is 0 Å². The zero-order chi connectivity index (χ0) is 13.1. The van der Waals surface area contributed by atoms with Crippen molar-refractivity contribution in [3.05, 3.63) is 29.8 Å². The van der Waals surface area contributed by atoms with Crippen molar-refractivity contribution < 1.29 is 0 Å². The van der Waals surface area contributed by atoms with E-state index in [1.54, 1.807) is 0 Å². The van der Waals surface area contributed by atoms with E-state index in [2.05, 4.69) is 23.1 Å². The van der Waals surface area contributed by atoms with Crippen molar-refractivity contribution in [1.82, 2.24) is 4.90 Å². The second-order valence-corrected chi connectivity index (χ2v) is 6.54. The summed E-state index contributed by atoms with van der Waals surface area (Å²) in [5.74, 6) is 0. The molecule has 1 saturated carbocycles. The van der Waals surface area contributed by atoms with E-state index in [-0.39, 0.29) is 0 Å². The normalized spacial score (nSPS) is 22.9. The first-order chi connectivity index (χ1) is 9.26.